The Hall–Kier alpha value is -4.32. The highest BCUT2D eigenvalue weighted by atomic mass is 32.1. The number of aromatic nitrogens is 6. The van der Waals surface area contributed by atoms with E-state index in [0.717, 1.165) is 73.5 Å². The Morgan fingerprint density at radius 1 is 0.820 bits per heavy atom. The summed E-state index contributed by atoms with van der Waals surface area (Å²) in [6.07, 6.45) is 12.3. The number of hydrogen-bond donors (Lipinski definition) is 4. The van der Waals surface area contributed by atoms with Crippen LogP contribution >= 0.6 is 11.3 Å². The molecule has 6 aromatic rings. The average molecular weight is 685 g/mol. The molecule has 3 saturated carbocycles. The molecule has 3 aliphatic heterocycles. The van der Waals surface area contributed by atoms with Crippen molar-refractivity contribution in [2.75, 3.05) is 0 Å². The van der Waals surface area contributed by atoms with Gasteiger partial charge in [0.15, 0.2) is 0 Å². The quantitative estimate of drug-likeness (QED) is 0.141. The van der Waals surface area contributed by atoms with Crippen molar-refractivity contribution in [3.63, 3.8) is 0 Å². The van der Waals surface area contributed by atoms with Gasteiger partial charge in [0.1, 0.15) is 23.2 Å². The van der Waals surface area contributed by atoms with Crippen LogP contribution in [0.2, 0.25) is 0 Å². The monoisotopic (exact) mass is 684 g/mol. The SMILES string of the molecule is CC12CC(c3ncc(-c4cc(F)c5c(c4)OC(c4cnc(C6CC6)s4)n4c-5cc5cc(-c6cnc(C7CC8(C)CC8N7)[nH]6)ccc54)[nH]3)NC1C2. The van der Waals surface area contributed by atoms with Gasteiger partial charge in [-0.2, -0.15) is 0 Å². The molecule has 11 heteroatoms. The molecular weight excluding hydrogens is 648 g/mol. The van der Waals surface area contributed by atoms with Crippen LogP contribution in [0.25, 0.3) is 44.7 Å². The van der Waals surface area contributed by atoms with Crippen molar-refractivity contribution in [3.05, 3.63) is 82.3 Å². The van der Waals surface area contributed by atoms with Crippen LogP contribution in [0.15, 0.2) is 55.0 Å². The Balaban J connectivity index is 0.937. The van der Waals surface area contributed by atoms with Crippen LogP contribution in [-0.4, -0.2) is 41.6 Å². The number of nitrogens with zero attached hydrogens (tertiary/aromatic N) is 4. The fraction of sp³-hybridized carbons (Fsp3) is 0.410. The first-order chi connectivity index (χ1) is 24.3. The number of aromatic amines is 2. The first-order valence-electron chi connectivity index (χ1n) is 18.0. The zero-order valence-corrected chi connectivity index (χ0v) is 28.7. The zero-order chi connectivity index (χ0) is 33.1. The third kappa shape index (κ3) is 4.14. The van der Waals surface area contributed by atoms with Crippen molar-refractivity contribution in [3.8, 4) is 39.5 Å². The summed E-state index contributed by atoms with van der Waals surface area (Å²) in [6.45, 7) is 4.70. The highest BCUT2D eigenvalue weighted by molar-refractivity contribution is 7.11. The number of thiazole rings is 1. The topological polar surface area (TPSA) is 108 Å². The highest BCUT2D eigenvalue weighted by Gasteiger charge is 2.58. The molecule has 9 nitrogen and oxygen atoms in total. The van der Waals surface area contributed by atoms with E-state index in [1.807, 2.05) is 24.7 Å². The lowest BCUT2D eigenvalue weighted by atomic mass is 10.0. The number of nitrogens with one attached hydrogen (secondary N) is 4. The molecule has 0 bridgehead atoms. The van der Waals surface area contributed by atoms with Gasteiger partial charge in [0.25, 0.3) is 0 Å². The molecular formula is C39H37FN8OS. The number of H-pyrrole nitrogens is 2. The Bertz CT molecular complexity index is 2400. The molecule has 50 heavy (non-hydrogen) atoms. The van der Waals surface area contributed by atoms with Crippen LogP contribution in [0.4, 0.5) is 4.39 Å². The number of imidazole rings is 2. The van der Waals surface area contributed by atoms with Gasteiger partial charge in [0.05, 0.1) is 62.5 Å². The standard InChI is InChI=1S/C39H37FN8OS/c1-38-11-23(44-31(38)13-38)34-41-15-25(46-34)19-5-6-27-21(7-19)9-28-33-22(40)8-20(26-16-42-35(47-26)24-12-39(2)14-32(39)45-24)10-29(33)49-37(48(27)28)30-17-43-36(50-30)18-3-4-18/h5-10,15-18,23-24,31-32,37,44-45H,3-4,11-14H2,1-2H3,(H,41,46)(H,42,47). The molecule has 252 valence electrons. The number of rotatable bonds is 6. The van der Waals surface area contributed by atoms with Crippen molar-refractivity contribution in [1.82, 2.24) is 40.1 Å². The van der Waals surface area contributed by atoms with E-state index in [1.165, 1.54) is 25.7 Å². The molecule has 5 fully saturated rings. The summed E-state index contributed by atoms with van der Waals surface area (Å²) in [5.41, 5.74) is 6.60. The number of ether oxygens (including phenoxy) is 1. The Kier molecular flexibility index (Phi) is 5.40. The van der Waals surface area contributed by atoms with Crippen molar-refractivity contribution in [2.45, 2.75) is 88.7 Å². The molecule has 7 unspecified atom stereocenters. The first kappa shape index (κ1) is 28.4. The lowest BCUT2D eigenvalue weighted by molar-refractivity contribution is 0.176. The van der Waals surface area contributed by atoms with Crippen LogP contribution in [0.1, 0.15) is 98.1 Å². The lowest BCUT2D eigenvalue weighted by Crippen LogP contribution is -2.22. The van der Waals surface area contributed by atoms with E-state index in [9.17, 15) is 0 Å². The second-order valence-corrected chi connectivity index (χ2v) is 17.5. The molecule has 7 atom stereocenters. The average Bonchev–Trinajstić information content (AvgIpc) is 3.77. The molecule has 0 spiro atoms. The summed E-state index contributed by atoms with van der Waals surface area (Å²) < 4.78 is 25.4. The van der Waals surface area contributed by atoms with Gasteiger partial charge in [0, 0.05) is 40.7 Å². The number of benzene rings is 2. The Labute approximate surface area is 292 Å². The summed E-state index contributed by atoms with van der Waals surface area (Å²) in [7, 11) is 0. The van der Waals surface area contributed by atoms with E-state index in [-0.39, 0.29) is 17.9 Å². The van der Waals surface area contributed by atoms with Gasteiger partial charge < -0.3 is 25.3 Å². The molecule has 6 aliphatic rings. The fourth-order valence-electron chi connectivity index (χ4n) is 9.21. The predicted octanol–water partition coefficient (Wildman–Crippen LogP) is 8.13. The maximum atomic E-state index is 16.5. The van der Waals surface area contributed by atoms with Gasteiger partial charge in [0.2, 0.25) is 6.23 Å². The summed E-state index contributed by atoms with van der Waals surface area (Å²) in [4.78, 5) is 22.4. The van der Waals surface area contributed by atoms with Gasteiger partial charge >= 0.3 is 0 Å². The van der Waals surface area contributed by atoms with E-state index >= 15 is 4.39 Å². The molecule has 3 aliphatic carbocycles. The number of fused-ring (bicyclic) bond motifs is 7. The molecule has 12 rings (SSSR count). The van der Waals surface area contributed by atoms with Crippen LogP contribution in [0.3, 0.4) is 0 Å². The molecule has 4 N–H and O–H groups in total. The lowest BCUT2D eigenvalue weighted by Gasteiger charge is -2.29. The van der Waals surface area contributed by atoms with Gasteiger partial charge in [-0.1, -0.05) is 19.9 Å². The minimum atomic E-state index is -0.465. The second kappa shape index (κ2) is 9.51. The number of halogens is 1. The predicted molar refractivity (Wildman–Crippen MR) is 189 cm³/mol. The van der Waals surface area contributed by atoms with Gasteiger partial charge in [-0.05, 0) is 79.7 Å². The minimum absolute atomic E-state index is 0.199. The van der Waals surface area contributed by atoms with Crippen LogP contribution < -0.4 is 15.4 Å². The van der Waals surface area contributed by atoms with Crippen LogP contribution in [0.5, 0.6) is 5.75 Å². The molecule has 2 aromatic carbocycles. The summed E-state index contributed by atoms with van der Waals surface area (Å²) >= 11 is 1.71. The van der Waals surface area contributed by atoms with E-state index in [0.29, 0.717) is 40.1 Å². The number of hydrogen-bond acceptors (Lipinski definition) is 7. The third-order valence-corrected chi connectivity index (χ3v) is 13.8. The normalized spacial score (nSPS) is 31.7. The van der Waals surface area contributed by atoms with Crippen LogP contribution in [-0.2, 0) is 0 Å². The molecule has 0 radical (unpaired) electrons. The number of piperidine rings is 2. The summed E-state index contributed by atoms with van der Waals surface area (Å²) in [5.74, 6) is 2.66. The van der Waals surface area contributed by atoms with Crippen molar-refractivity contribution in [2.24, 2.45) is 10.8 Å². The van der Waals surface area contributed by atoms with Crippen molar-refractivity contribution in [1.29, 1.82) is 0 Å². The van der Waals surface area contributed by atoms with E-state index < -0.39 is 6.23 Å². The van der Waals surface area contributed by atoms with E-state index in [1.54, 1.807) is 17.4 Å². The maximum absolute atomic E-state index is 16.5. The largest absolute Gasteiger partial charge is 0.464 e. The summed E-state index contributed by atoms with van der Waals surface area (Å²) in [5, 5.41) is 9.61. The molecule has 7 heterocycles. The fourth-order valence-corrected chi connectivity index (χ4v) is 10.3. The molecule has 4 aromatic heterocycles. The summed E-state index contributed by atoms with van der Waals surface area (Å²) in [6, 6.07) is 13.8. The minimum Gasteiger partial charge on any atom is -0.464 e. The van der Waals surface area contributed by atoms with E-state index in [2.05, 4.69) is 63.3 Å². The Morgan fingerprint density at radius 2 is 1.52 bits per heavy atom. The first-order valence-corrected chi connectivity index (χ1v) is 18.8. The highest BCUT2D eigenvalue weighted by Crippen LogP contribution is 2.58. The maximum Gasteiger partial charge on any atom is 0.213 e. The van der Waals surface area contributed by atoms with Crippen molar-refractivity contribution >= 4 is 22.2 Å². The second-order valence-electron chi connectivity index (χ2n) is 16.4. The van der Waals surface area contributed by atoms with Gasteiger partial charge in [-0.15, -0.1) is 11.3 Å². The Morgan fingerprint density at radius 3 is 2.18 bits per heavy atom. The molecule has 0 amide bonds. The third-order valence-electron chi connectivity index (χ3n) is 12.7. The zero-order valence-electron chi connectivity index (χ0n) is 27.9. The van der Waals surface area contributed by atoms with Crippen molar-refractivity contribution < 1.29 is 9.13 Å². The molecule has 2 saturated heterocycles. The van der Waals surface area contributed by atoms with Crippen LogP contribution in [0, 0.1) is 16.6 Å². The van der Waals surface area contributed by atoms with E-state index in [4.69, 9.17) is 19.7 Å². The van der Waals surface area contributed by atoms with Gasteiger partial charge in [-0.25, -0.2) is 19.3 Å². The van der Waals surface area contributed by atoms with Gasteiger partial charge in [-0.3, -0.25) is 4.57 Å². The smallest absolute Gasteiger partial charge is 0.213 e.